The molecule has 2 fully saturated rings. The molecule has 0 aromatic heterocycles. The summed E-state index contributed by atoms with van der Waals surface area (Å²) < 4.78 is 37.8. The predicted molar refractivity (Wildman–Crippen MR) is 83.3 cm³/mol. The van der Waals surface area contributed by atoms with Gasteiger partial charge >= 0.3 is 6.18 Å². The Hall–Kier alpha value is -1.31. The van der Waals surface area contributed by atoms with Gasteiger partial charge in [-0.25, -0.2) is 0 Å². The summed E-state index contributed by atoms with van der Waals surface area (Å²) in [7, 11) is 0. The molecular formula is C16H26F3N3O2. The summed E-state index contributed by atoms with van der Waals surface area (Å²) in [4.78, 5) is 27.5. The Kier molecular flexibility index (Phi) is 6.48. The van der Waals surface area contributed by atoms with Gasteiger partial charge in [0.1, 0.15) is 6.54 Å². The Morgan fingerprint density at radius 1 is 1.21 bits per heavy atom. The molecule has 138 valence electrons. The molecule has 2 atom stereocenters. The fourth-order valence-corrected chi connectivity index (χ4v) is 3.48. The molecule has 0 aromatic rings. The number of nitrogens with one attached hydrogen (secondary N) is 1. The highest BCUT2D eigenvalue weighted by Gasteiger charge is 2.37. The van der Waals surface area contributed by atoms with Crippen molar-refractivity contribution in [3.8, 4) is 0 Å². The molecule has 2 amide bonds. The van der Waals surface area contributed by atoms with Crippen LogP contribution in [0.5, 0.6) is 0 Å². The minimum absolute atomic E-state index is 0.0208. The van der Waals surface area contributed by atoms with E-state index in [2.05, 4.69) is 5.32 Å². The topological polar surface area (TPSA) is 52.7 Å². The van der Waals surface area contributed by atoms with Gasteiger partial charge in [0.15, 0.2) is 0 Å². The van der Waals surface area contributed by atoms with Crippen LogP contribution in [0.4, 0.5) is 13.2 Å². The summed E-state index contributed by atoms with van der Waals surface area (Å²) in [5, 5.41) is 3.19. The van der Waals surface area contributed by atoms with Crippen molar-refractivity contribution in [1.29, 1.82) is 0 Å². The zero-order valence-electron chi connectivity index (χ0n) is 14.1. The minimum Gasteiger partial charge on any atom is -0.341 e. The van der Waals surface area contributed by atoms with Crippen LogP contribution < -0.4 is 5.32 Å². The second-order valence-electron chi connectivity index (χ2n) is 6.59. The first-order valence-corrected chi connectivity index (χ1v) is 8.69. The third-order valence-electron chi connectivity index (χ3n) is 4.75. The maximum Gasteiger partial charge on any atom is 0.406 e. The first kappa shape index (κ1) is 19.0. The van der Waals surface area contributed by atoms with E-state index >= 15 is 0 Å². The number of hydrogen-bond donors (Lipinski definition) is 1. The highest BCUT2D eigenvalue weighted by Crippen LogP contribution is 2.23. The fourth-order valence-electron chi connectivity index (χ4n) is 3.48. The van der Waals surface area contributed by atoms with E-state index in [-0.39, 0.29) is 25.0 Å². The van der Waals surface area contributed by atoms with E-state index in [4.69, 9.17) is 0 Å². The lowest BCUT2D eigenvalue weighted by molar-refractivity contribution is -0.165. The average molecular weight is 349 g/mol. The molecular weight excluding hydrogens is 323 g/mol. The smallest absolute Gasteiger partial charge is 0.341 e. The molecule has 0 bridgehead atoms. The summed E-state index contributed by atoms with van der Waals surface area (Å²) in [5.41, 5.74) is 0. The molecule has 0 unspecified atom stereocenters. The number of carbonyl (C=O) groups excluding carboxylic acids is 2. The van der Waals surface area contributed by atoms with Crippen LogP contribution in [0.2, 0.25) is 0 Å². The molecule has 0 spiro atoms. The first-order valence-electron chi connectivity index (χ1n) is 8.69. The number of piperidine rings is 2. The van der Waals surface area contributed by atoms with E-state index in [9.17, 15) is 22.8 Å². The number of carbonyl (C=O) groups is 2. The molecule has 8 heteroatoms. The molecule has 2 rings (SSSR count). The maximum absolute atomic E-state index is 12.6. The van der Waals surface area contributed by atoms with Crippen molar-refractivity contribution in [2.24, 2.45) is 5.92 Å². The predicted octanol–water partition coefficient (Wildman–Crippen LogP) is 1.78. The second-order valence-corrected chi connectivity index (χ2v) is 6.59. The SMILES string of the molecule is CCN(CC(F)(F)F)C(=O)[C@@H]1CCCN(C(=O)[C@@H]2CCCCN2)C1. The molecule has 2 aliphatic heterocycles. The van der Waals surface area contributed by atoms with Crippen LogP contribution >= 0.6 is 0 Å². The summed E-state index contributed by atoms with van der Waals surface area (Å²) in [6, 6.07) is -0.218. The van der Waals surface area contributed by atoms with Gasteiger partial charge in [0.25, 0.3) is 0 Å². The van der Waals surface area contributed by atoms with Gasteiger partial charge in [-0.3, -0.25) is 9.59 Å². The maximum atomic E-state index is 12.6. The zero-order chi connectivity index (χ0) is 17.7. The summed E-state index contributed by atoms with van der Waals surface area (Å²) in [6.45, 7) is 1.95. The second kappa shape index (κ2) is 8.18. The van der Waals surface area contributed by atoms with Crippen molar-refractivity contribution in [2.75, 3.05) is 32.7 Å². The van der Waals surface area contributed by atoms with Crippen molar-refractivity contribution in [3.05, 3.63) is 0 Å². The van der Waals surface area contributed by atoms with E-state index in [1.54, 1.807) is 11.8 Å². The van der Waals surface area contributed by atoms with E-state index in [1.165, 1.54) is 0 Å². The number of halogens is 3. The van der Waals surface area contributed by atoms with Gasteiger partial charge in [0, 0.05) is 19.6 Å². The third kappa shape index (κ3) is 5.09. The monoisotopic (exact) mass is 349 g/mol. The first-order chi connectivity index (χ1) is 11.3. The van der Waals surface area contributed by atoms with Crippen LogP contribution in [0.1, 0.15) is 39.0 Å². The molecule has 0 radical (unpaired) electrons. The Morgan fingerprint density at radius 3 is 2.54 bits per heavy atom. The molecule has 2 aliphatic rings. The number of nitrogens with zero attached hydrogens (tertiary/aromatic N) is 2. The van der Waals surface area contributed by atoms with Gasteiger partial charge < -0.3 is 15.1 Å². The zero-order valence-corrected chi connectivity index (χ0v) is 14.1. The van der Waals surface area contributed by atoms with E-state index in [0.29, 0.717) is 19.4 Å². The minimum atomic E-state index is -4.40. The number of likely N-dealkylation sites (tertiary alicyclic amines) is 1. The molecule has 1 N–H and O–H groups in total. The van der Waals surface area contributed by atoms with Gasteiger partial charge in [-0.1, -0.05) is 6.42 Å². The standard InChI is InChI=1S/C16H26F3N3O2/c1-2-21(11-16(17,18)19)14(23)12-6-5-9-22(10-12)15(24)13-7-3-4-8-20-13/h12-13,20H,2-11H2,1H3/t12-,13+/m1/s1. The van der Waals surface area contributed by atoms with E-state index in [0.717, 1.165) is 30.7 Å². The Bertz CT molecular complexity index is 450. The lowest BCUT2D eigenvalue weighted by Crippen LogP contribution is -2.53. The molecule has 0 saturated carbocycles. The lowest BCUT2D eigenvalue weighted by atomic mass is 9.95. The quantitative estimate of drug-likeness (QED) is 0.842. The Balaban J connectivity index is 1.95. The molecule has 24 heavy (non-hydrogen) atoms. The van der Waals surface area contributed by atoms with Gasteiger partial charge in [-0.15, -0.1) is 0 Å². The largest absolute Gasteiger partial charge is 0.406 e. The van der Waals surface area contributed by atoms with E-state index in [1.807, 2.05) is 0 Å². The number of amides is 2. The number of rotatable bonds is 4. The summed E-state index contributed by atoms with van der Waals surface area (Å²) in [6.07, 6.45) is -0.388. The van der Waals surface area contributed by atoms with Crippen molar-refractivity contribution in [2.45, 2.75) is 51.2 Å². The molecule has 2 heterocycles. The van der Waals surface area contributed by atoms with Crippen molar-refractivity contribution >= 4 is 11.8 Å². The van der Waals surface area contributed by atoms with Crippen molar-refractivity contribution in [3.63, 3.8) is 0 Å². The number of alkyl halides is 3. The normalized spacial score (nSPS) is 25.4. The van der Waals surface area contributed by atoms with Crippen molar-refractivity contribution in [1.82, 2.24) is 15.1 Å². The molecule has 5 nitrogen and oxygen atoms in total. The van der Waals surface area contributed by atoms with Gasteiger partial charge in [0.2, 0.25) is 11.8 Å². The molecule has 0 aromatic carbocycles. The highest BCUT2D eigenvalue weighted by atomic mass is 19.4. The van der Waals surface area contributed by atoms with Crippen LogP contribution in [0, 0.1) is 5.92 Å². The van der Waals surface area contributed by atoms with Crippen LogP contribution in [0.3, 0.4) is 0 Å². The van der Waals surface area contributed by atoms with Gasteiger partial charge in [-0.2, -0.15) is 13.2 Å². The Labute approximate surface area is 140 Å². The Morgan fingerprint density at radius 2 is 1.96 bits per heavy atom. The van der Waals surface area contributed by atoms with E-state index < -0.39 is 24.5 Å². The summed E-state index contributed by atoms with van der Waals surface area (Å²) in [5.74, 6) is -1.05. The van der Waals surface area contributed by atoms with Crippen LogP contribution in [-0.2, 0) is 9.59 Å². The molecule has 0 aliphatic carbocycles. The van der Waals surface area contributed by atoms with Gasteiger partial charge in [0.05, 0.1) is 12.0 Å². The molecule has 2 saturated heterocycles. The van der Waals surface area contributed by atoms with Crippen LogP contribution in [-0.4, -0.2) is 66.6 Å². The van der Waals surface area contributed by atoms with Gasteiger partial charge in [-0.05, 0) is 39.2 Å². The van der Waals surface area contributed by atoms with Crippen LogP contribution in [0.25, 0.3) is 0 Å². The number of hydrogen-bond acceptors (Lipinski definition) is 3. The summed E-state index contributed by atoms with van der Waals surface area (Å²) >= 11 is 0. The third-order valence-corrected chi connectivity index (χ3v) is 4.75. The van der Waals surface area contributed by atoms with Crippen LogP contribution in [0.15, 0.2) is 0 Å². The highest BCUT2D eigenvalue weighted by molar-refractivity contribution is 5.84. The van der Waals surface area contributed by atoms with Crippen molar-refractivity contribution < 1.29 is 22.8 Å². The fraction of sp³-hybridized carbons (Fsp3) is 0.875. The average Bonchev–Trinajstić information content (AvgIpc) is 2.58. The lowest BCUT2D eigenvalue weighted by Gasteiger charge is -2.37.